The summed E-state index contributed by atoms with van der Waals surface area (Å²) in [5.74, 6) is 0.747. The van der Waals surface area contributed by atoms with Crippen molar-refractivity contribution in [1.82, 2.24) is 15.2 Å². The smallest absolute Gasteiger partial charge is 0.232 e. The molecule has 1 aliphatic rings. The van der Waals surface area contributed by atoms with E-state index >= 15 is 0 Å². The highest BCUT2D eigenvalue weighted by Gasteiger charge is 2.22. The summed E-state index contributed by atoms with van der Waals surface area (Å²) in [4.78, 5) is 19.1. The number of piperidine rings is 1. The molecule has 19 heavy (non-hydrogen) atoms. The Balaban J connectivity index is 0.00000180. The number of hydrogen-bond donors (Lipinski definition) is 1. The fraction of sp³-hybridized carbons (Fsp3) is 0.538. The maximum Gasteiger partial charge on any atom is 0.232 e. The van der Waals surface area contributed by atoms with Gasteiger partial charge in [0.25, 0.3) is 0 Å². The first-order valence-corrected chi connectivity index (χ1v) is 7.26. The second kappa shape index (κ2) is 8.40. The number of carbonyl (C=O) groups excluding carboxylic acids is 1. The van der Waals surface area contributed by atoms with Gasteiger partial charge in [0.15, 0.2) is 0 Å². The molecule has 1 atom stereocenters. The quantitative estimate of drug-likeness (QED) is 0.862. The van der Waals surface area contributed by atoms with E-state index in [1.165, 1.54) is 0 Å². The standard InChI is InChI=1S/C13H19N3OS.ClH/c1-14-11-3-2-8-16(9-11)13(17)10-18-12-4-6-15-7-5-12;/h4-7,11,14H,2-3,8-10H2,1H3;1H. The molecule has 0 aromatic carbocycles. The van der Waals surface area contributed by atoms with Crippen molar-refractivity contribution < 1.29 is 4.79 Å². The normalized spacial score (nSPS) is 18.8. The largest absolute Gasteiger partial charge is 0.340 e. The minimum Gasteiger partial charge on any atom is -0.340 e. The van der Waals surface area contributed by atoms with Crippen LogP contribution in [-0.2, 0) is 4.79 Å². The molecule has 0 radical (unpaired) electrons. The van der Waals surface area contributed by atoms with Crippen LogP contribution in [0.2, 0.25) is 0 Å². The van der Waals surface area contributed by atoms with Crippen molar-refractivity contribution in [2.24, 2.45) is 0 Å². The van der Waals surface area contributed by atoms with Gasteiger partial charge in [-0.05, 0) is 32.0 Å². The first-order chi connectivity index (χ1) is 8.79. The number of halogens is 1. The number of nitrogens with one attached hydrogen (secondary N) is 1. The average molecular weight is 302 g/mol. The highest BCUT2D eigenvalue weighted by Crippen LogP contribution is 2.18. The topological polar surface area (TPSA) is 45.2 Å². The van der Waals surface area contributed by atoms with E-state index in [2.05, 4.69) is 10.3 Å². The summed E-state index contributed by atoms with van der Waals surface area (Å²) in [6.45, 7) is 1.74. The molecule has 1 N–H and O–H groups in total. The van der Waals surface area contributed by atoms with Gasteiger partial charge < -0.3 is 10.2 Å². The predicted molar refractivity (Wildman–Crippen MR) is 80.9 cm³/mol. The fourth-order valence-electron chi connectivity index (χ4n) is 2.11. The molecule has 4 nitrogen and oxygen atoms in total. The number of likely N-dealkylation sites (N-methyl/N-ethyl adjacent to an activating group) is 1. The van der Waals surface area contributed by atoms with Gasteiger partial charge in [0.1, 0.15) is 0 Å². The number of hydrogen-bond acceptors (Lipinski definition) is 4. The van der Waals surface area contributed by atoms with Gasteiger partial charge in [-0.2, -0.15) is 0 Å². The molecule has 1 aromatic rings. The Morgan fingerprint density at radius 3 is 2.95 bits per heavy atom. The van der Waals surface area contributed by atoms with Crippen molar-refractivity contribution in [2.75, 3.05) is 25.9 Å². The summed E-state index contributed by atoms with van der Waals surface area (Å²) in [5, 5.41) is 3.25. The van der Waals surface area contributed by atoms with Crippen LogP contribution in [0.5, 0.6) is 0 Å². The monoisotopic (exact) mass is 301 g/mol. The number of rotatable bonds is 4. The van der Waals surface area contributed by atoms with E-state index in [1.54, 1.807) is 24.2 Å². The first kappa shape index (κ1) is 16.3. The van der Waals surface area contributed by atoms with Crippen LogP contribution in [0.4, 0.5) is 0 Å². The van der Waals surface area contributed by atoms with E-state index in [4.69, 9.17) is 0 Å². The predicted octanol–water partition coefficient (Wildman–Crippen LogP) is 1.81. The van der Waals surface area contributed by atoms with Crippen LogP contribution in [-0.4, -0.2) is 47.7 Å². The lowest BCUT2D eigenvalue weighted by molar-refractivity contribution is -0.129. The number of likely N-dealkylation sites (tertiary alicyclic amines) is 1. The molecule has 0 bridgehead atoms. The Hall–Kier alpha value is -0.780. The Kier molecular flexibility index (Phi) is 7.20. The molecule has 0 aliphatic carbocycles. The van der Waals surface area contributed by atoms with Crippen molar-refractivity contribution >= 4 is 30.1 Å². The minimum atomic E-state index is 0. The summed E-state index contributed by atoms with van der Waals surface area (Å²) in [5.41, 5.74) is 0. The number of pyridine rings is 1. The highest BCUT2D eigenvalue weighted by atomic mass is 35.5. The van der Waals surface area contributed by atoms with Crippen LogP contribution < -0.4 is 5.32 Å². The third kappa shape index (κ3) is 5.01. The molecule has 1 amide bonds. The van der Waals surface area contributed by atoms with E-state index in [0.717, 1.165) is 30.8 Å². The molecule has 1 aliphatic heterocycles. The van der Waals surface area contributed by atoms with Crippen LogP contribution in [0.1, 0.15) is 12.8 Å². The molecule has 1 saturated heterocycles. The third-order valence-corrected chi connectivity index (χ3v) is 4.19. The molecule has 0 saturated carbocycles. The second-order valence-electron chi connectivity index (χ2n) is 4.44. The number of carbonyl (C=O) groups is 1. The van der Waals surface area contributed by atoms with Gasteiger partial charge in [-0.3, -0.25) is 9.78 Å². The number of amides is 1. The van der Waals surface area contributed by atoms with Gasteiger partial charge in [-0.25, -0.2) is 0 Å². The zero-order valence-electron chi connectivity index (χ0n) is 11.0. The molecule has 1 unspecified atom stereocenters. The number of aromatic nitrogens is 1. The van der Waals surface area contributed by atoms with E-state index in [9.17, 15) is 4.79 Å². The van der Waals surface area contributed by atoms with Crippen LogP contribution in [0.3, 0.4) is 0 Å². The van der Waals surface area contributed by atoms with Crippen molar-refractivity contribution in [1.29, 1.82) is 0 Å². The van der Waals surface area contributed by atoms with Crippen molar-refractivity contribution in [3.63, 3.8) is 0 Å². The van der Waals surface area contributed by atoms with E-state index in [0.29, 0.717) is 11.8 Å². The van der Waals surface area contributed by atoms with Gasteiger partial charge in [0.05, 0.1) is 5.75 Å². The maximum atomic E-state index is 12.1. The second-order valence-corrected chi connectivity index (χ2v) is 5.49. The Morgan fingerprint density at radius 2 is 2.26 bits per heavy atom. The zero-order chi connectivity index (χ0) is 12.8. The van der Waals surface area contributed by atoms with Gasteiger partial charge in [-0.15, -0.1) is 24.2 Å². The molecule has 1 fully saturated rings. The van der Waals surface area contributed by atoms with E-state index in [1.807, 2.05) is 24.1 Å². The Labute approximate surface area is 124 Å². The SMILES string of the molecule is CNC1CCCN(C(=O)CSc2ccncc2)C1.Cl. The van der Waals surface area contributed by atoms with Crippen LogP contribution in [0.15, 0.2) is 29.4 Å². The summed E-state index contributed by atoms with van der Waals surface area (Å²) in [6, 6.07) is 4.32. The van der Waals surface area contributed by atoms with Crippen molar-refractivity contribution in [3.05, 3.63) is 24.5 Å². The van der Waals surface area contributed by atoms with Gasteiger partial charge in [0, 0.05) is 36.4 Å². The summed E-state index contributed by atoms with van der Waals surface area (Å²) < 4.78 is 0. The summed E-state index contributed by atoms with van der Waals surface area (Å²) >= 11 is 1.58. The molecule has 2 rings (SSSR count). The lowest BCUT2D eigenvalue weighted by atomic mass is 10.1. The molecular formula is C13H20ClN3OS. The zero-order valence-corrected chi connectivity index (χ0v) is 12.7. The summed E-state index contributed by atoms with van der Waals surface area (Å²) in [7, 11) is 1.96. The molecule has 106 valence electrons. The van der Waals surface area contributed by atoms with Crippen molar-refractivity contribution in [3.8, 4) is 0 Å². The first-order valence-electron chi connectivity index (χ1n) is 6.27. The lowest BCUT2D eigenvalue weighted by Gasteiger charge is -2.32. The number of nitrogens with zero attached hydrogens (tertiary/aromatic N) is 2. The Morgan fingerprint density at radius 1 is 1.53 bits per heavy atom. The van der Waals surface area contributed by atoms with Crippen LogP contribution >= 0.6 is 24.2 Å². The van der Waals surface area contributed by atoms with Gasteiger partial charge >= 0.3 is 0 Å². The maximum absolute atomic E-state index is 12.1. The molecule has 6 heteroatoms. The van der Waals surface area contributed by atoms with E-state index in [-0.39, 0.29) is 18.3 Å². The van der Waals surface area contributed by atoms with Gasteiger partial charge in [0.2, 0.25) is 5.91 Å². The number of thioether (sulfide) groups is 1. The van der Waals surface area contributed by atoms with E-state index < -0.39 is 0 Å². The third-order valence-electron chi connectivity index (χ3n) is 3.19. The van der Waals surface area contributed by atoms with Crippen LogP contribution in [0.25, 0.3) is 0 Å². The lowest BCUT2D eigenvalue weighted by Crippen LogP contribution is -2.47. The molecule has 2 heterocycles. The molecule has 0 spiro atoms. The fourth-order valence-corrected chi connectivity index (χ4v) is 2.90. The molecule has 1 aromatic heterocycles. The highest BCUT2D eigenvalue weighted by molar-refractivity contribution is 8.00. The average Bonchev–Trinajstić information content (AvgIpc) is 2.46. The Bertz CT molecular complexity index is 391. The van der Waals surface area contributed by atoms with Crippen molar-refractivity contribution in [2.45, 2.75) is 23.8 Å². The van der Waals surface area contributed by atoms with Gasteiger partial charge in [-0.1, -0.05) is 0 Å². The summed E-state index contributed by atoms with van der Waals surface area (Å²) in [6.07, 6.45) is 5.77. The molecular weight excluding hydrogens is 282 g/mol. The minimum absolute atomic E-state index is 0. The van der Waals surface area contributed by atoms with Crippen LogP contribution in [0, 0.1) is 0 Å².